The van der Waals surface area contributed by atoms with Gasteiger partial charge >= 0.3 is 6.18 Å². The van der Waals surface area contributed by atoms with E-state index >= 15 is 0 Å². The normalized spacial score (nSPS) is 13.6. The van der Waals surface area contributed by atoms with Crippen LogP contribution >= 0.6 is 0 Å². The maximum Gasteiger partial charge on any atom is 0.389 e. The molecule has 114 valence electrons. The molecular formula is C13H25F3N2O. The number of halogens is 3. The fourth-order valence-corrected chi connectivity index (χ4v) is 1.55. The molecule has 0 aromatic rings. The topological polar surface area (TPSA) is 41.1 Å². The standard InChI is InChI=1S/C13H25F3N2O/c1-10(2)9-18-12(19)6-8-17-11(3)5-4-7-13(14,15)16/h10-11,17H,4-9H2,1-3H3,(H,18,19). The van der Waals surface area contributed by atoms with Gasteiger partial charge in [0.15, 0.2) is 0 Å². The number of hydrogen-bond donors (Lipinski definition) is 2. The lowest BCUT2D eigenvalue weighted by Crippen LogP contribution is -2.33. The number of hydrogen-bond acceptors (Lipinski definition) is 2. The highest BCUT2D eigenvalue weighted by molar-refractivity contribution is 5.76. The Bertz CT molecular complexity index is 255. The van der Waals surface area contributed by atoms with Gasteiger partial charge in [-0.3, -0.25) is 4.79 Å². The lowest BCUT2D eigenvalue weighted by Gasteiger charge is -2.14. The highest BCUT2D eigenvalue weighted by atomic mass is 19.4. The van der Waals surface area contributed by atoms with Gasteiger partial charge in [0.2, 0.25) is 5.91 Å². The minimum Gasteiger partial charge on any atom is -0.356 e. The molecule has 6 heteroatoms. The molecule has 0 saturated heterocycles. The van der Waals surface area contributed by atoms with E-state index in [9.17, 15) is 18.0 Å². The Morgan fingerprint density at radius 3 is 2.37 bits per heavy atom. The van der Waals surface area contributed by atoms with Crippen molar-refractivity contribution in [2.24, 2.45) is 5.92 Å². The number of carbonyl (C=O) groups excluding carboxylic acids is 1. The summed E-state index contributed by atoms with van der Waals surface area (Å²) in [5.41, 5.74) is 0. The first-order chi connectivity index (χ1) is 8.70. The highest BCUT2D eigenvalue weighted by Gasteiger charge is 2.26. The fraction of sp³-hybridized carbons (Fsp3) is 0.923. The summed E-state index contributed by atoms with van der Waals surface area (Å²) in [5, 5.41) is 5.85. The molecule has 0 radical (unpaired) electrons. The zero-order valence-electron chi connectivity index (χ0n) is 11.9. The van der Waals surface area contributed by atoms with Crippen LogP contribution in [0.25, 0.3) is 0 Å². The number of rotatable bonds is 9. The van der Waals surface area contributed by atoms with Crippen LogP contribution < -0.4 is 10.6 Å². The first kappa shape index (κ1) is 18.2. The van der Waals surface area contributed by atoms with E-state index in [1.54, 1.807) is 0 Å². The average Bonchev–Trinajstić information content (AvgIpc) is 2.24. The van der Waals surface area contributed by atoms with E-state index in [-0.39, 0.29) is 18.4 Å². The molecule has 1 unspecified atom stereocenters. The molecule has 0 aromatic carbocycles. The van der Waals surface area contributed by atoms with E-state index in [1.807, 2.05) is 20.8 Å². The molecule has 1 amide bonds. The molecular weight excluding hydrogens is 257 g/mol. The third-order valence-corrected chi connectivity index (χ3v) is 2.65. The van der Waals surface area contributed by atoms with Crippen molar-refractivity contribution >= 4 is 5.91 Å². The van der Waals surface area contributed by atoms with Crippen molar-refractivity contribution < 1.29 is 18.0 Å². The van der Waals surface area contributed by atoms with Gasteiger partial charge in [0.25, 0.3) is 0 Å². The highest BCUT2D eigenvalue weighted by Crippen LogP contribution is 2.22. The molecule has 0 aliphatic heterocycles. The maximum absolute atomic E-state index is 11.9. The van der Waals surface area contributed by atoms with Crippen LogP contribution in [0.15, 0.2) is 0 Å². The van der Waals surface area contributed by atoms with Gasteiger partial charge in [-0.25, -0.2) is 0 Å². The molecule has 2 N–H and O–H groups in total. The third kappa shape index (κ3) is 13.5. The Morgan fingerprint density at radius 1 is 1.21 bits per heavy atom. The summed E-state index contributed by atoms with van der Waals surface area (Å²) >= 11 is 0. The van der Waals surface area contributed by atoms with Crippen molar-refractivity contribution in [2.45, 2.75) is 58.7 Å². The Labute approximate surface area is 113 Å². The van der Waals surface area contributed by atoms with Crippen LogP contribution in [-0.2, 0) is 4.79 Å². The second-order valence-electron chi connectivity index (χ2n) is 5.31. The molecule has 0 aliphatic carbocycles. The summed E-state index contributed by atoms with van der Waals surface area (Å²) in [6.45, 7) is 7.02. The summed E-state index contributed by atoms with van der Waals surface area (Å²) in [4.78, 5) is 11.4. The minimum atomic E-state index is -4.07. The Kier molecular flexibility index (Phi) is 8.80. The van der Waals surface area contributed by atoms with Crippen LogP contribution in [0.4, 0.5) is 13.2 Å². The predicted molar refractivity (Wildman–Crippen MR) is 69.8 cm³/mol. The van der Waals surface area contributed by atoms with Gasteiger partial charge in [-0.1, -0.05) is 13.8 Å². The third-order valence-electron chi connectivity index (χ3n) is 2.65. The summed E-state index contributed by atoms with van der Waals surface area (Å²) in [6.07, 6.45) is -3.87. The first-order valence-corrected chi connectivity index (χ1v) is 6.77. The summed E-state index contributed by atoms with van der Waals surface area (Å²) < 4.78 is 35.8. The molecule has 0 spiro atoms. The zero-order chi connectivity index (χ0) is 14.9. The monoisotopic (exact) mass is 282 g/mol. The SMILES string of the molecule is CC(C)CNC(=O)CCNC(C)CCCC(F)(F)F. The summed E-state index contributed by atoms with van der Waals surface area (Å²) in [6, 6.07) is 0.000230. The average molecular weight is 282 g/mol. The molecule has 0 aromatic heterocycles. The second kappa shape index (κ2) is 9.18. The number of carbonyl (C=O) groups is 1. The molecule has 0 aliphatic rings. The fourth-order valence-electron chi connectivity index (χ4n) is 1.55. The van der Waals surface area contributed by atoms with Gasteiger partial charge in [0.05, 0.1) is 0 Å². The van der Waals surface area contributed by atoms with Gasteiger partial charge in [-0.15, -0.1) is 0 Å². The van der Waals surface area contributed by atoms with Crippen LogP contribution in [0.1, 0.15) is 46.5 Å². The van der Waals surface area contributed by atoms with Crippen molar-refractivity contribution in [3.63, 3.8) is 0 Å². The van der Waals surface area contributed by atoms with Crippen molar-refractivity contribution in [2.75, 3.05) is 13.1 Å². The maximum atomic E-state index is 11.9. The van der Waals surface area contributed by atoms with Crippen LogP contribution in [0.2, 0.25) is 0 Å². The van der Waals surface area contributed by atoms with E-state index in [2.05, 4.69) is 10.6 Å². The largest absolute Gasteiger partial charge is 0.389 e. The van der Waals surface area contributed by atoms with Gasteiger partial charge in [-0.05, 0) is 25.7 Å². The summed E-state index contributed by atoms with van der Waals surface area (Å²) in [7, 11) is 0. The Morgan fingerprint density at radius 2 is 1.84 bits per heavy atom. The van der Waals surface area contributed by atoms with Crippen LogP contribution in [0.3, 0.4) is 0 Å². The lowest BCUT2D eigenvalue weighted by molar-refractivity contribution is -0.135. The van der Waals surface area contributed by atoms with Crippen molar-refractivity contribution in [1.82, 2.24) is 10.6 Å². The predicted octanol–water partition coefficient (Wildman–Crippen LogP) is 2.86. The number of nitrogens with one attached hydrogen (secondary N) is 2. The van der Waals surface area contributed by atoms with Crippen molar-refractivity contribution in [3.8, 4) is 0 Å². The van der Waals surface area contributed by atoms with Crippen LogP contribution in [0.5, 0.6) is 0 Å². The van der Waals surface area contributed by atoms with E-state index in [0.717, 1.165) is 0 Å². The summed E-state index contributed by atoms with van der Waals surface area (Å²) in [5.74, 6) is 0.391. The molecule has 0 heterocycles. The number of alkyl halides is 3. The van der Waals surface area contributed by atoms with Gasteiger partial charge < -0.3 is 10.6 Å². The van der Waals surface area contributed by atoms with Crippen molar-refractivity contribution in [3.05, 3.63) is 0 Å². The molecule has 1 atom stereocenters. The Hall–Kier alpha value is -0.780. The molecule has 0 saturated carbocycles. The van der Waals surface area contributed by atoms with Crippen molar-refractivity contribution in [1.29, 1.82) is 0 Å². The molecule has 0 bridgehead atoms. The molecule has 19 heavy (non-hydrogen) atoms. The van der Waals surface area contributed by atoms with E-state index in [0.29, 0.717) is 31.8 Å². The van der Waals surface area contributed by atoms with Crippen LogP contribution in [-0.4, -0.2) is 31.2 Å². The molecule has 3 nitrogen and oxygen atoms in total. The minimum absolute atomic E-state index is 0.000230. The van der Waals surface area contributed by atoms with E-state index < -0.39 is 12.6 Å². The first-order valence-electron chi connectivity index (χ1n) is 6.77. The smallest absolute Gasteiger partial charge is 0.356 e. The zero-order valence-corrected chi connectivity index (χ0v) is 11.9. The van der Waals surface area contributed by atoms with Crippen LogP contribution in [0, 0.1) is 5.92 Å². The van der Waals surface area contributed by atoms with E-state index in [4.69, 9.17) is 0 Å². The Balaban J connectivity index is 3.52. The van der Waals surface area contributed by atoms with Gasteiger partial charge in [0.1, 0.15) is 0 Å². The van der Waals surface area contributed by atoms with Gasteiger partial charge in [0, 0.05) is 32.0 Å². The quantitative estimate of drug-likeness (QED) is 0.683. The second-order valence-corrected chi connectivity index (χ2v) is 5.31. The van der Waals surface area contributed by atoms with E-state index in [1.165, 1.54) is 0 Å². The molecule has 0 rings (SSSR count). The lowest BCUT2D eigenvalue weighted by atomic mass is 10.1. The molecule has 0 fully saturated rings. The van der Waals surface area contributed by atoms with Gasteiger partial charge in [-0.2, -0.15) is 13.2 Å². The number of amides is 1.